The van der Waals surface area contributed by atoms with Crippen LogP contribution in [0.3, 0.4) is 0 Å². The number of aromatic nitrogens is 2. The van der Waals surface area contributed by atoms with Gasteiger partial charge in [0.25, 0.3) is 5.91 Å². The van der Waals surface area contributed by atoms with Crippen LogP contribution in [0.15, 0.2) is 24.3 Å². The van der Waals surface area contributed by atoms with Crippen LogP contribution < -0.4 is 5.32 Å². The number of nitrogens with one attached hydrogen (secondary N) is 1. The van der Waals surface area contributed by atoms with Crippen molar-refractivity contribution in [1.82, 2.24) is 15.1 Å². The van der Waals surface area contributed by atoms with Gasteiger partial charge in [-0.1, -0.05) is 37.1 Å². The molecule has 0 radical (unpaired) electrons. The van der Waals surface area contributed by atoms with E-state index in [0.29, 0.717) is 12.2 Å². The van der Waals surface area contributed by atoms with Crippen molar-refractivity contribution in [2.75, 3.05) is 6.61 Å². The van der Waals surface area contributed by atoms with Crippen molar-refractivity contribution in [1.29, 1.82) is 0 Å². The fourth-order valence-corrected chi connectivity index (χ4v) is 2.63. The summed E-state index contributed by atoms with van der Waals surface area (Å²) in [5, 5.41) is 7.04. The topological polar surface area (TPSA) is 73.2 Å². The number of rotatable bonds is 8. The van der Waals surface area contributed by atoms with Gasteiger partial charge in [0.2, 0.25) is 0 Å². The first-order chi connectivity index (χ1) is 12.4. The van der Waals surface area contributed by atoms with Gasteiger partial charge in [0, 0.05) is 13.1 Å². The number of nitrogens with zero attached hydrogens (tertiary/aromatic N) is 2. The average Bonchev–Trinajstić information content (AvgIpc) is 2.91. The van der Waals surface area contributed by atoms with E-state index in [4.69, 9.17) is 16.3 Å². The second-order valence-corrected chi connectivity index (χ2v) is 6.17. The number of esters is 1. The zero-order chi connectivity index (χ0) is 19.1. The number of halogens is 2. The molecule has 0 aliphatic heterocycles. The molecule has 1 heterocycles. The van der Waals surface area contributed by atoms with Crippen LogP contribution in [0.4, 0.5) is 4.39 Å². The van der Waals surface area contributed by atoms with Gasteiger partial charge in [0.1, 0.15) is 16.5 Å². The molecule has 0 bridgehead atoms. The van der Waals surface area contributed by atoms with Gasteiger partial charge >= 0.3 is 5.97 Å². The maximum atomic E-state index is 12.8. The first kappa shape index (κ1) is 19.9. The number of benzene rings is 1. The molecule has 26 heavy (non-hydrogen) atoms. The summed E-state index contributed by atoms with van der Waals surface area (Å²) in [4.78, 5) is 24.0. The van der Waals surface area contributed by atoms with Crippen molar-refractivity contribution >= 4 is 23.5 Å². The van der Waals surface area contributed by atoms with Crippen LogP contribution in [0.2, 0.25) is 5.15 Å². The average molecular weight is 382 g/mol. The first-order valence-corrected chi connectivity index (χ1v) is 8.71. The van der Waals surface area contributed by atoms with Crippen molar-refractivity contribution in [3.8, 4) is 0 Å². The normalized spacial score (nSPS) is 10.6. The van der Waals surface area contributed by atoms with Gasteiger partial charge in [0.15, 0.2) is 6.61 Å². The maximum absolute atomic E-state index is 12.8. The lowest BCUT2D eigenvalue weighted by atomic mass is 10.2. The Hall–Kier alpha value is -2.41. The van der Waals surface area contributed by atoms with E-state index in [1.54, 1.807) is 23.7 Å². The highest BCUT2D eigenvalue weighted by Crippen LogP contribution is 2.21. The van der Waals surface area contributed by atoms with Gasteiger partial charge in [0.05, 0.1) is 5.69 Å². The number of unbranched alkanes of at least 4 members (excludes halogenated alkanes) is 1. The molecule has 0 atom stereocenters. The van der Waals surface area contributed by atoms with Crippen LogP contribution in [0.1, 0.15) is 41.4 Å². The number of carbonyl (C=O) groups excluding carboxylic acids is 2. The number of ether oxygens (including phenoxy) is 1. The Labute approximate surface area is 156 Å². The minimum Gasteiger partial charge on any atom is -0.452 e. The van der Waals surface area contributed by atoms with Crippen LogP contribution >= 0.6 is 11.6 Å². The summed E-state index contributed by atoms with van der Waals surface area (Å²) in [6, 6.07) is 5.75. The van der Waals surface area contributed by atoms with Gasteiger partial charge in [-0.15, -0.1) is 0 Å². The third-order valence-electron chi connectivity index (χ3n) is 3.73. The van der Waals surface area contributed by atoms with E-state index in [9.17, 15) is 14.0 Å². The predicted octanol–water partition coefficient (Wildman–Crippen LogP) is 3.26. The molecule has 0 saturated carbocycles. The first-order valence-electron chi connectivity index (χ1n) is 8.33. The highest BCUT2D eigenvalue weighted by Gasteiger charge is 2.22. The Balaban J connectivity index is 1.86. The van der Waals surface area contributed by atoms with Crippen molar-refractivity contribution < 1.29 is 18.7 Å². The quantitative estimate of drug-likeness (QED) is 0.712. The summed E-state index contributed by atoms with van der Waals surface area (Å²) < 4.78 is 19.4. The SMILES string of the molecule is CCCCn1nc(C)c(C(=O)OCC(=O)NCc2ccc(F)cc2)c1Cl. The Morgan fingerprint density at radius 1 is 1.31 bits per heavy atom. The summed E-state index contributed by atoms with van der Waals surface area (Å²) in [6.45, 7) is 4.10. The van der Waals surface area contributed by atoms with Crippen molar-refractivity contribution in [3.05, 3.63) is 52.1 Å². The van der Waals surface area contributed by atoms with Gasteiger partial charge in [-0.2, -0.15) is 5.10 Å². The monoisotopic (exact) mass is 381 g/mol. The molecule has 2 rings (SSSR count). The Morgan fingerprint density at radius 2 is 2.00 bits per heavy atom. The Kier molecular flexibility index (Phi) is 7.15. The highest BCUT2D eigenvalue weighted by atomic mass is 35.5. The van der Waals surface area contributed by atoms with Crippen molar-refractivity contribution in [2.45, 2.75) is 39.8 Å². The fraction of sp³-hybridized carbons (Fsp3) is 0.389. The van der Waals surface area contributed by atoms with Crippen LogP contribution in [0.5, 0.6) is 0 Å². The summed E-state index contributed by atoms with van der Waals surface area (Å²) in [5.74, 6) is -1.50. The zero-order valence-electron chi connectivity index (χ0n) is 14.7. The lowest BCUT2D eigenvalue weighted by molar-refractivity contribution is -0.124. The minimum absolute atomic E-state index is 0.175. The molecular weight excluding hydrogens is 361 g/mol. The van der Waals surface area contributed by atoms with E-state index >= 15 is 0 Å². The third-order valence-corrected chi connectivity index (χ3v) is 4.11. The number of aryl methyl sites for hydroxylation is 2. The highest BCUT2D eigenvalue weighted by molar-refractivity contribution is 6.32. The predicted molar refractivity (Wildman–Crippen MR) is 95.4 cm³/mol. The van der Waals surface area contributed by atoms with Crippen LogP contribution in [0.25, 0.3) is 0 Å². The largest absolute Gasteiger partial charge is 0.452 e. The summed E-state index contributed by atoms with van der Waals surface area (Å²) >= 11 is 6.20. The number of amides is 1. The van der Waals surface area contributed by atoms with Crippen molar-refractivity contribution in [2.24, 2.45) is 0 Å². The second kappa shape index (κ2) is 9.33. The standard InChI is InChI=1S/C18H21ClFN3O3/c1-3-4-9-23-17(19)16(12(2)22-23)18(25)26-11-15(24)21-10-13-5-7-14(20)8-6-13/h5-8H,3-4,9-11H2,1-2H3,(H,21,24). The zero-order valence-corrected chi connectivity index (χ0v) is 15.5. The number of hydrogen-bond donors (Lipinski definition) is 1. The molecule has 1 amide bonds. The maximum Gasteiger partial charge on any atom is 0.343 e. The smallest absolute Gasteiger partial charge is 0.343 e. The molecule has 0 fully saturated rings. The fourth-order valence-electron chi connectivity index (χ4n) is 2.30. The second-order valence-electron chi connectivity index (χ2n) is 5.81. The van der Waals surface area contributed by atoms with Gasteiger partial charge in [-0.25, -0.2) is 9.18 Å². The third kappa shape index (κ3) is 5.29. The number of hydrogen-bond acceptors (Lipinski definition) is 4. The molecule has 0 unspecified atom stereocenters. The van der Waals surface area contributed by atoms with E-state index < -0.39 is 18.5 Å². The molecular formula is C18H21ClFN3O3. The Morgan fingerprint density at radius 3 is 2.65 bits per heavy atom. The van der Waals surface area contributed by atoms with Crippen LogP contribution in [0, 0.1) is 12.7 Å². The van der Waals surface area contributed by atoms with E-state index in [1.165, 1.54) is 12.1 Å². The molecule has 1 aromatic heterocycles. The molecule has 2 aromatic rings. The Bertz CT molecular complexity index is 775. The summed E-state index contributed by atoms with van der Waals surface area (Å²) in [7, 11) is 0. The van der Waals surface area contributed by atoms with E-state index in [0.717, 1.165) is 18.4 Å². The van der Waals surface area contributed by atoms with Gasteiger partial charge < -0.3 is 10.1 Å². The molecule has 1 N–H and O–H groups in total. The molecule has 8 heteroatoms. The number of carbonyl (C=O) groups is 2. The molecule has 0 aliphatic carbocycles. The molecule has 0 spiro atoms. The van der Waals surface area contributed by atoms with Crippen LogP contribution in [-0.4, -0.2) is 28.3 Å². The summed E-state index contributed by atoms with van der Waals surface area (Å²) in [6.07, 6.45) is 1.87. The molecule has 0 saturated heterocycles. The summed E-state index contributed by atoms with van der Waals surface area (Å²) in [5.41, 5.74) is 1.37. The minimum atomic E-state index is -0.688. The lowest BCUT2D eigenvalue weighted by Crippen LogP contribution is -2.28. The van der Waals surface area contributed by atoms with Gasteiger partial charge in [-0.3, -0.25) is 9.48 Å². The van der Waals surface area contributed by atoms with E-state index in [1.807, 2.05) is 6.92 Å². The molecule has 0 aliphatic rings. The molecule has 140 valence electrons. The lowest BCUT2D eigenvalue weighted by Gasteiger charge is -2.07. The molecule has 1 aromatic carbocycles. The van der Waals surface area contributed by atoms with Gasteiger partial charge in [-0.05, 0) is 31.0 Å². The van der Waals surface area contributed by atoms with Crippen molar-refractivity contribution in [3.63, 3.8) is 0 Å². The molecule has 6 nitrogen and oxygen atoms in total. The van der Waals surface area contributed by atoms with E-state index in [-0.39, 0.29) is 23.1 Å². The van der Waals surface area contributed by atoms with Crippen LogP contribution in [-0.2, 0) is 22.6 Å². The van der Waals surface area contributed by atoms with E-state index in [2.05, 4.69) is 10.4 Å².